The number of carbonyl (C=O) groups is 1. The molecule has 1 spiro atoms. The Labute approximate surface area is 166 Å². The van der Waals surface area contributed by atoms with E-state index < -0.39 is 0 Å². The first-order valence-electron chi connectivity index (χ1n) is 10.2. The highest BCUT2D eigenvalue weighted by Gasteiger charge is 2.39. The second-order valence-corrected chi connectivity index (χ2v) is 7.79. The van der Waals surface area contributed by atoms with Crippen molar-refractivity contribution in [3.05, 3.63) is 23.8 Å². The molecular formula is C21H30N2O5. The molecule has 1 aromatic carbocycles. The van der Waals surface area contributed by atoms with E-state index in [9.17, 15) is 4.79 Å². The van der Waals surface area contributed by atoms with E-state index >= 15 is 0 Å². The minimum absolute atomic E-state index is 0.0359. The van der Waals surface area contributed by atoms with E-state index in [4.69, 9.17) is 18.9 Å². The Bertz CT molecular complexity index is 678. The molecule has 1 atom stereocenters. The van der Waals surface area contributed by atoms with E-state index in [1.165, 1.54) is 0 Å². The zero-order valence-corrected chi connectivity index (χ0v) is 16.6. The molecule has 3 heterocycles. The number of ether oxygens (including phenoxy) is 4. The van der Waals surface area contributed by atoms with Crippen molar-refractivity contribution in [2.75, 3.05) is 58.1 Å². The van der Waals surface area contributed by atoms with Crippen molar-refractivity contribution < 1.29 is 23.7 Å². The molecule has 1 amide bonds. The summed E-state index contributed by atoms with van der Waals surface area (Å²) in [4.78, 5) is 15.2. The van der Waals surface area contributed by atoms with Crippen LogP contribution >= 0.6 is 0 Å². The lowest BCUT2D eigenvalue weighted by Crippen LogP contribution is -2.51. The average molecular weight is 390 g/mol. The number of morpholine rings is 1. The van der Waals surface area contributed by atoms with Gasteiger partial charge >= 0.3 is 0 Å². The maximum absolute atomic E-state index is 13.0. The van der Waals surface area contributed by atoms with Gasteiger partial charge in [0.05, 0.1) is 31.6 Å². The normalized spacial score (nSPS) is 24.8. The predicted octanol–water partition coefficient (Wildman–Crippen LogP) is 1.99. The van der Waals surface area contributed by atoms with Crippen molar-refractivity contribution in [1.29, 1.82) is 0 Å². The van der Waals surface area contributed by atoms with Crippen LogP contribution in [0.15, 0.2) is 18.2 Å². The van der Waals surface area contributed by atoms with Gasteiger partial charge in [-0.2, -0.15) is 0 Å². The number of anilines is 1. The largest absolute Gasteiger partial charge is 0.495 e. The van der Waals surface area contributed by atoms with Crippen LogP contribution in [0.3, 0.4) is 0 Å². The maximum Gasteiger partial charge on any atom is 0.251 e. The van der Waals surface area contributed by atoms with Gasteiger partial charge in [-0.1, -0.05) is 0 Å². The Balaban J connectivity index is 1.45. The number of amides is 1. The van der Waals surface area contributed by atoms with Gasteiger partial charge in [-0.05, 0) is 43.9 Å². The van der Waals surface area contributed by atoms with Crippen LogP contribution in [0.25, 0.3) is 0 Å². The van der Waals surface area contributed by atoms with Crippen LogP contribution in [0.1, 0.15) is 36.0 Å². The molecule has 7 nitrogen and oxygen atoms in total. The lowest BCUT2D eigenvalue weighted by Gasteiger charge is -2.43. The number of benzene rings is 1. The molecule has 0 aliphatic carbocycles. The third-order valence-electron chi connectivity index (χ3n) is 6.03. The van der Waals surface area contributed by atoms with Crippen LogP contribution in [0, 0.1) is 0 Å². The summed E-state index contributed by atoms with van der Waals surface area (Å²) in [5, 5.41) is 3.23. The zero-order chi connectivity index (χ0) is 19.4. The molecule has 7 heteroatoms. The first kappa shape index (κ1) is 19.5. The molecule has 154 valence electrons. The molecule has 3 saturated heterocycles. The van der Waals surface area contributed by atoms with Gasteiger partial charge in [0, 0.05) is 44.5 Å². The summed E-state index contributed by atoms with van der Waals surface area (Å²) in [5.74, 6) is 0.747. The SMILES string of the molecule is COc1ccc(C(=O)N[C@H]2CCOC3(CCOCC3)C2)cc1N1CCOCC1. The first-order valence-corrected chi connectivity index (χ1v) is 10.2. The summed E-state index contributed by atoms with van der Waals surface area (Å²) in [6, 6.07) is 5.78. The monoisotopic (exact) mass is 390 g/mol. The number of nitrogens with one attached hydrogen (secondary N) is 1. The van der Waals surface area contributed by atoms with Gasteiger partial charge in [0.1, 0.15) is 5.75 Å². The lowest BCUT2D eigenvalue weighted by atomic mass is 9.84. The standard InChI is InChI=1S/C21H30N2O5/c1-25-19-3-2-16(14-18(19)23-7-12-27-13-8-23)20(24)22-17-4-9-28-21(15-17)5-10-26-11-6-21/h2-3,14,17H,4-13,15H2,1H3,(H,22,24)/t17-/m0/s1. The third kappa shape index (κ3) is 4.26. The summed E-state index contributed by atoms with van der Waals surface area (Å²) >= 11 is 0. The van der Waals surface area contributed by atoms with Gasteiger partial charge in [-0.15, -0.1) is 0 Å². The van der Waals surface area contributed by atoms with Crippen LogP contribution < -0.4 is 15.0 Å². The second kappa shape index (κ2) is 8.68. The van der Waals surface area contributed by atoms with E-state index in [0.29, 0.717) is 25.4 Å². The zero-order valence-electron chi connectivity index (χ0n) is 16.6. The average Bonchev–Trinajstić information content (AvgIpc) is 2.74. The van der Waals surface area contributed by atoms with E-state index in [0.717, 1.165) is 63.4 Å². The van der Waals surface area contributed by atoms with Gasteiger partial charge in [0.15, 0.2) is 0 Å². The third-order valence-corrected chi connectivity index (χ3v) is 6.03. The number of carbonyl (C=O) groups excluding carboxylic acids is 1. The molecule has 3 fully saturated rings. The summed E-state index contributed by atoms with van der Waals surface area (Å²) < 4.78 is 22.5. The van der Waals surface area contributed by atoms with Gasteiger partial charge < -0.3 is 29.2 Å². The first-order chi connectivity index (χ1) is 13.7. The highest BCUT2D eigenvalue weighted by atomic mass is 16.5. The van der Waals surface area contributed by atoms with Gasteiger partial charge in [0.2, 0.25) is 0 Å². The number of hydrogen-bond donors (Lipinski definition) is 1. The fourth-order valence-corrected chi connectivity index (χ4v) is 4.39. The van der Waals surface area contributed by atoms with Gasteiger partial charge in [-0.25, -0.2) is 0 Å². The van der Waals surface area contributed by atoms with E-state index in [1.807, 2.05) is 18.2 Å². The molecule has 0 saturated carbocycles. The molecule has 0 radical (unpaired) electrons. The molecular weight excluding hydrogens is 360 g/mol. The van der Waals surface area contributed by atoms with Crippen molar-refractivity contribution in [1.82, 2.24) is 5.32 Å². The second-order valence-electron chi connectivity index (χ2n) is 7.79. The van der Waals surface area contributed by atoms with Gasteiger partial charge in [-0.3, -0.25) is 4.79 Å². The van der Waals surface area contributed by atoms with Crippen molar-refractivity contribution in [2.45, 2.75) is 37.3 Å². The number of methoxy groups -OCH3 is 1. The number of hydrogen-bond acceptors (Lipinski definition) is 6. The molecule has 0 aromatic heterocycles. The smallest absolute Gasteiger partial charge is 0.251 e. The highest BCUT2D eigenvalue weighted by Crippen LogP contribution is 2.35. The van der Waals surface area contributed by atoms with Crippen molar-refractivity contribution >= 4 is 11.6 Å². The topological polar surface area (TPSA) is 69.3 Å². The van der Waals surface area contributed by atoms with Crippen LogP contribution in [-0.2, 0) is 14.2 Å². The van der Waals surface area contributed by atoms with Crippen LogP contribution in [-0.4, -0.2) is 70.8 Å². The number of nitrogens with zero attached hydrogens (tertiary/aromatic N) is 1. The molecule has 0 unspecified atom stereocenters. The highest BCUT2D eigenvalue weighted by molar-refractivity contribution is 5.96. The molecule has 3 aliphatic rings. The maximum atomic E-state index is 13.0. The van der Waals surface area contributed by atoms with E-state index in [1.54, 1.807) is 7.11 Å². The Hall–Kier alpha value is -1.83. The summed E-state index contributed by atoms with van der Waals surface area (Å²) in [6.07, 6.45) is 3.52. The summed E-state index contributed by atoms with van der Waals surface area (Å²) in [7, 11) is 1.66. The molecule has 28 heavy (non-hydrogen) atoms. The Kier molecular flexibility index (Phi) is 6.04. The van der Waals surface area contributed by atoms with Crippen LogP contribution in [0.4, 0.5) is 5.69 Å². The van der Waals surface area contributed by atoms with Crippen LogP contribution in [0.2, 0.25) is 0 Å². The Morgan fingerprint density at radius 2 is 1.89 bits per heavy atom. The fraction of sp³-hybridized carbons (Fsp3) is 0.667. The van der Waals surface area contributed by atoms with Crippen molar-refractivity contribution in [2.24, 2.45) is 0 Å². The Morgan fingerprint density at radius 1 is 1.14 bits per heavy atom. The summed E-state index contributed by atoms with van der Waals surface area (Å²) in [5.41, 5.74) is 1.48. The number of rotatable bonds is 4. The fourth-order valence-electron chi connectivity index (χ4n) is 4.39. The minimum atomic E-state index is -0.132. The molecule has 1 N–H and O–H groups in total. The van der Waals surface area contributed by atoms with E-state index in [2.05, 4.69) is 10.2 Å². The van der Waals surface area contributed by atoms with Crippen LogP contribution in [0.5, 0.6) is 5.75 Å². The Morgan fingerprint density at radius 3 is 2.64 bits per heavy atom. The minimum Gasteiger partial charge on any atom is -0.495 e. The molecule has 3 aliphatic heterocycles. The van der Waals surface area contributed by atoms with Crippen molar-refractivity contribution in [3.63, 3.8) is 0 Å². The van der Waals surface area contributed by atoms with E-state index in [-0.39, 0.29) is 17.6 Å². The van der Waals surface area contributed by atoms with Crippen molar-refractivity contribution in [3.8, 4) is 5.75 Å². The predicted molar refractivity (Wildman–Crippen MR) is 105 cm³/mol. The molecule has 4 rings (SSSR count). The quantitative estimate of drug-likeness (QED) is 0.848. The summed E-state index contributed by atoms with van der Waals surface area (Å²) in [6.45, 7) is 5.13. The molecule has 1 aromatic rings. The molecule has 0 bridgehead atoms. The van der Waals surface area contributed by atoms with Gasteiger partial charge in [0.25, 0.3) is 5.91 Å². The lowest BCUT2D eigenvalue weighted by molar-refractivity contribution is -0.139.